The summed E-state index contributed by atoms with van der Waals surface area (Å²) in [5.41, 5.74) is 6.81. The van der Waals surface area contributed by atoms with Crippen LogP contribution in [0.1, 0.15) is 30.7 Å². The molecule has 1 aromatic heterocycles. The van der Waals surface area contributed by atoms with Gasteiger partial charge in [-0.2, -0.15) is 0 Å². The van der Waals surface area contributed by atoms with Crippen molar-refractivity contribution in [2.75, 3.05) is 11.4 Å². The van der Waals surface area contributed by atoms with Crippen molar-refractivity contribution >= 4 is 11.7 Å². The molecule has 0 saturated carbocycles. The molecule has 3 rings (SSSR count). The van der Waals surface area contributed by atoms with E-state index in [0.29, 0.717) is 0 Å². The number of aryl methyl sites for hydroxylation is 2. The van der Waals surface area contributed by atoms with Gasteiger partial charge in [0.2, 0.25) is 5.91 Å². The second-order valence-corrected chi connectivity index (χ2v) is 5.92. The standard InChI is InChI=1S/C18H22N4O/c19-18(23)15-9-5-13-22(15)17-11-12-20-16(21-17)10-4-8-14-6-2-1-3-7-14/h1-3,6-7,11-12,15H,4-5,8-10,13H2,(H2,19,23)/t15-/m0/s1. The summed E-state index contributed by atoms with van der Waals surface area (Å²) in [4.78, 5) is 22.5. The molecule has 0 bridgehead atoms. The highest BCUT2D eigenvalue weighted by Gasteiger charge is 2.30. The van der Waals surface area contributed by atoms with Crippen LogP contribution in [0.15, 0.2) is 42.6 Å². The molecule has 1 fully saturated rings. The van der Waals surface area contributed by atoms with Crippen LogP contribution in [0.3, 0.4) is 0 Å². The second-order valence-electron chi connectivity index (χ2n) is 5.92. The Bertz CT molecular complexity index is 659. The van der Waals surface area contributed by atoms with Gasteiger partial charge in [0.1, 0.15) is 17.7 Å². The second kappa shape index (κ2) is 7.22. The van der Waals surface area contributed by atoms with Gasteiger partial charge in [-0.05, 0) is 37.3 Å². The predicted octanol–water partition coefficient (Wildman–Crippen LogP) is 2.11. The lowest BCUT2D eigenvalue weighted by Crippen LogP contribution is -2.40. The van der Waals surface area contributed by atoms with Gasteiger partial charge in [0, 0.05) is 19.2 Å². The van der Waals surface area contributed by atoms with E-state index in [4.69, 9.17) is 5.73 Å². The highest BCUT2D eigenvalue weighted by Crippen LogP contribution is 2.23. The highest BCUT2D eigenvalue weighted by molar-refractivity contribution is 5.83. The molecule has 5 nitrogen and oxygen atoms in total. The Morgan fingerprint density at radius 3 is 2.83 bits per heavy atom. The smallest absolute Gasteiger partial charge is 0.240 e. The Morgan fingerprint density at radius 1 is 1.22 bits per heavy atom. The maximum Gasteiger partial charge on any atom is 0.240 e. The highest BCUT2D eigenvalue weighted by atomic mass is 16.1. The van der Waals surface area contributed by atoms with E-state index < -0.39 is 0 Å². The van der Waals surface area contributed by atoms with Gasteiger partial charge in [-0.3, -0.25) is 4.79 Å². The van der Waals surface area contributed by atoms with Crippen LogP contribution in [-0.2, 0) is 17.6 Å². The fourth-order valence-electron chi connectivity index (χ4n) is 3.10. The Hall–Kier alpha value is -2.43. The minimum Gasteiger partial charge on any atom is -0.368 e. The molecule has 2 aromatic rings. The average molecular weight is 310 g/mol. The van der Waals surface area contributed by atoms with Crippen LogP contribution in [0.4, 0.5) is 5.82 Å². The molecule has 0 radical (unpaired) electrons. The van der Waals surface area contributed by atoms with Crippen molar-refractivity contribution in [3.8, 4) is 0 Å². The SMILES string of the molecule is NC(=O)[C@@H]1CCCN1c1ccnc(CCCc2ccccc2)n1. The Kier molecular flexibility index (Phi) is 4.86. The number of nitrogens with two attached hydrogens (primary N) is 1. The zero-order valence-corrected chi connectivity index (χ0v) is 13.2. The van der Waals surface area contributed by atoms with Gasteiger partial charge in [-0.25, -0.2) is 9.97 Å². The summed E-state index contributed by atoms with van der Waals surface area (Å²) in [6, 6.07) is 12.1. The van der Waals surface area contributed by atoms with Crippen molar-refractivity contribution in [1.29, 1.82) is 0 Å². The summed E-state index contributed by atoms with van der Waals surface area (Å²) in [6.07, 6.45) is 6.41. The van der Waals surface area contributed by atoms with Crippen LogP contribution >= 0.6 is 0 Å². The van der Waals surface area contributed by atoms with Gasteiger partial charge >= 0.3 is 0 Å². The maximum atomic E-state index is 11.5. The fourth-order valence-corrected chi connectivity index (χ4v) is 3.10. The van der Waals surface area contributed by atoms with Gasteiger partial charge in [0.05, 0.1) is 0 Å². The molecule has 120 valence electrons. The van der Waals surface area contributed by atoms with Crippen molar-refractivity contribution in [3.05, 3.63) is 54.0 Å². The molecule has 1 aliphatic rings. The van der Waals surface area contributed by atoms with Gasteiger partial charge < -0.3 is 10.6 Å². The zero-order chi connectivity index (χ0) is 16.1. The number of nitrogens with zero attached hydrogens (tertiary/aromatic N) is 3. The summed E-state index contributed by atoms with van der Waals surface area (Å²) in [5.74, 6) is 1.37. The lowest BCUT2D eigenvalue weighted by Gasteiger charge is -2.23. The van der Waals surface area contributed by atoms with Gasteiger partial charge in [0.15, 0.2) is 0 Å². The number of hydrogen-bond acceptors (Lipinski definition) is 4. The Balaban J connectivity index is 1.62. The Morgan fingerprint density at radius 2 is 2.04 bits per heavy atom. The molecular formula is C18H22N4O. The van der Waals surface area contributed by atoms with Crippen molar-refractivity contribution in [1.82, 2.24) is 9.97 Å². The quantitative estimate of drug-likeness (QED) is 0.887. The van der Waals surface area contributed by atoms with E-state index in [0.717, 1.165) is 50.3 Å². The first-order valence-electron chi connectivity index (χ1n) is 8.16. The third-order valence-electron chi connectivity index (χ3n) is 4.27. The summed E-state index contributed by atoms with van der Waals surface area (Å²) < 4.78 is 0. The number of aromatic nitrogens is 2. The molecule has 0 spiro atoms. The predicted molar refractivity (Wildman–Crippen MR) is 90.1 cm³/mol. The first-order valence-corrected chi connectivity index (χ1v) is 8.16. The van der Waals surface area contributed by atoms with Crippen LogP contribution in [-0.4, -0.2) is 28.5 Å². The van der Waals surface area contributed by atoms with Crippen LogP contribution in [0.25, 0.3) is 0 Å². The molecule has 1 atom stereocenters. The number of anilines is 1. The minimum absolute atomic E-state index is 0.234. The first kappa shape index (κ1) is 15.5. The maximum absolute atomic E-state index is 11.5. The van der Waals surface area contributed by atoms with Gasteiger partial charge in [0.25, 0.3) is 0 Å². The average Bonchev–Trinajstić information content (AvgIpc) is 3.06. The van der Waals surface area contributed by atoms with Crippen LogP contribution in [0.5, 0.6) is 0 Å². The molecule has 0 unspecified atom stereocenters. The summed E-state index contributed by atoms with van der Waals surface area (Å²) >= 11 is 0. The minimum atomic E-state index is -0.272. The molecule has 1 aliphatic heterocycles. The van der Waals surface area contributed by atoms with Crippen molar-refractivity contribution in [2.45, 2.75) is 38.1 Å². The molecule has 5 heteroatoms. The van der Waals surface area contributed by atoms with Crippen molar-refractivity contribution < 1.29 is 4.79 Å². The molecule has 0 aliphatic carbocycles. The molecule has 1 amide bonds. The monoisotopic (exact) mass is 310 g/mol. The number of hydrogen-bond donors (Lipinski definition) is 1. The van der Waals surface area contributed by atoms with E-state index in [9.17, 15) is 4.79 Å². The zero-order valence-electron chi connectivity index (χ0n) is 13.2. The fraction of sp³-hybridized carbons (Fsp3) is 0.389. The summed E-state index contributed by atoms with van der Waals surface area (Å²) in [6.45, 7) is 0.827. The summed E-state index contributed by atoms with van der Waals surface area (Å²) in [5, 5.41) is 0. The summed E-state index contributed by atoms with van der Waals surface area (Å²) in [7, 11) is 0. The van der Waals surface area contributed by atoms with Crippen molar-refractivity contribution in [2.24, 2.45) is 5.73 Å². The van der Waals surface area contributed by atoms with Gasteiger partial charge in [-0.15, -0.1) is 0 Å². The number of benzene rings is 1. The number of carbonyl (C=O) groups excluding carboxylic acids is 1. The lowest BCUT2D eigenvalue weighted by atomic mass is 10.1. The Labute approximate surface area is 136 Å². The molecule has 2 N–H and O–H groups in total. The van der Waals surface area contributed by atoms with E-state index in [2.05, 4.69) is 34.2 Å². The molecule has 2 heterocycles. The van der Waals surface area contributed by atoms with E-state index >= 15 is 0 Å². The van der Waals surface area contributed by atoms with E-state index in [1.165, 1.54) is 5.56 Å². The third-order valence-corrected chi connectivity index (χ3v) is 4.27. The topological polar surface area (TPSA) is 72.1 Å². The number of primary amides is 1. The molecule has 23 heavy (non-hydrogen) atoms. The van der Waals surface area contributed by atoms with E-state index in [1.54, 1.807) is 6.20 Å². The normalized spacial score (nSPS) is 17.4. The van der Waals surface area contributed by atoms with Crippen LogP contribution in [0, 0.1) is 0 Å². The molecule has 1 saturated heterocycles. The molecule has 1 aromatic carbocycles. The number of carbonyl (C=O) groups is 1. The van der Waals surface area contributed by atoms with E-state index in [1.807, 2.05) is 17.0 Å². The molecular weight excluding hydrogens is 288 g/mol. The largest absolute Gasteiger partial charge is 0.368 e. The number of rotatable bonds is 6. The lowest BCUT2D eigenvalue weighted by molar-refractivity contribution is -0.119. The van der Waals surface area contributed by atoms with Crippen LogP contribution < -0.4 is 10.6 Å². The van der Waals surface area contributed by atoms with Crippen LogP contribution in [0.2, 0.25) is 0 Å². The first-order chi connectivity index (χ1) is 11.2. The van der Waals surface area contributed by atoms with Gasteiger partial charge in [-0.1, -0.05) is 30.3 Å². The van der Waals surface area contributed by atoms with E-state index in [-0.39, 0.29) is 11.9 Å². The number of amides is 1. The third kappa shape index (κ3) is 3.86. The van der Waals surface area contributed by atoms with Crippen molar-refractivity contribution in [3.63, 3.8) is 0 Å².